The first kappa shape index (κ1) is 16.5. The number of carbonyl (C=O) groups excluding carboxylic acids is 1. The molecule has 0 spiro atoms. The maximum atomic E-state index is 12.6. The number of para-hydroxylation sites is 3. The molecule has 0 amide bonds. The van der Waals surface area contributed by atoms with Gasteiger partial charge in [-0.05, 0) is 38.1 Å². The molecule has 2 atom stereocenters. The average Bonchev–Trinajstić information content (AvgIpc) is 3.21. The lowest BCUT2D eigenvalue weighted by Gasteiger charge is -2.15. The maximum absolute atomic E-state index is 12.6. The highest BCUT2D eigenvalue weighted by atomic mass is 32.1. The first-order chi connectivity index (χ1) is 12.5. The second-order valence-electron chi connectivity index (χ2n) is 5.98. The van der Waals surface area contributed by atoms with E-state index < -0.39 is 23.9 Å². The molecule has 0 aliphatic heterocycles. The molecular formula is C19H16N2O4S. The number of nitrogens with zero attached hydrogens (tertiary/aromatic N) is 2. The number of oxazole rings is 1. The van der Waals surface area contributed by atoms with Gasteiger partial charge in [-0.1, -0.05) is 24.3 Å². The SMILES string of the molecule is CC(OC(=O)C(C)n1c(=O)oc2ccccc21)c1nc2ccccc2s1. The Morgan fingerprint density at radius 3 is 2.69 bits per heavy atom. The van der Waals surface area contributed by atoms with Crippen LogP contribution in [0.15, 0.2) is 57.7 Å². The molecule has 2 unspecified atom stereocenters. The van der Waals surface area contributed by atoms with Crippen molar-refractivity contribution in [3.05, 3.63) is 64.1 Å². The van der Waals surface area contributed by atoms with Crippen molar-refractivity contribution in [3.63, 3.8) is 0 Å². The van der Waals surface area contributed by atoms with Crippen LogP contribution in [-0.2, 0) is 9.53 Å². The summed E-state index contributed by atoms with van der Waals surface area (Å²) >= 11 is 1.49. The van der Waals surface area contributed by atoms with Gasteiger partial charge in [0.05, 0.1) is 15.7 Å². The molecule has 2 heterocycles. The van der Waals surface area contributed by atoms with Gasteiger partial charge in [-0.2, -0.15) is 0 Å². The highest BCUT2D eigenvalue weighted by Crippen LogP contribution is 2.29. The number of aromatic nitrogens is 2. The van der Waals surface area contributed by atoms with Gasteiger partial charge in [0.2, 0.25) is 0 Å². The van der Waals surface area contributed by atoms with Gasteiger partial charge >= 0.3 is 11.7 Å². The molecule has 4 aromatic rings. The zero-order chi connectivity index (χ0) is 18.3. The number of fused-ring (bicyclic) bond motifs is 2. The van der Waals surface area contributed by atoms with Crippen LogP contribution in [0.4, 0.5) is 0 Å². The number of esters is 1. The van der Waals surface area contributed by atoms with Crippen LogP contribution in [0.3, 0.4) is 0 Å². The fraction of sp³-hybridized carbons (Fsp3) is 0.211. The van der Waals surface area contributed by atoms with Gasteiger partial charge in [-0.3, -0.25) is 4.57 Å². The third-order valence-electron chi connectivity index (χ3n) is 4.20. The molecular weight excluding hydrogens is 352 g/mol. The molecule has 0 aliphatic rings. The maximum Gasteiger partial charge on any atom is 0.420 e. The number of benzene rings is 2. The Balaban J connectivity index is 1.58. The Kier molecular flexibility index (Phi) is 4.08. The number of rotatable bonds is 4. The highest BCUT2D eigenvalue weighted by Gasteiger charge is 2.25. The van der Waals surface area contributed by atoms with E-state index in [4.69, 9.17) is 9.15 Å². The normalized spacial score (nSPS) is 13.8. The van der Waals surface area contributed by atoms with Gasteiger partial charge in [-0.15, -0.1) is 11.3 Å². The molecule has 0 saturated heterocycles. The number of hydrogen-bond acceptors (Lipinski definition) is 6. The third kappa shape index (κ3) is 2.80. The highest BCUT2D eigenvalue weighted by molar-refractivity contribution is 7.18. The Morgan fingerprint density at radius 2 is 1.88 bits per heavy atom. The Bertz CT molecular complexity index is 1120. The molecule has 6 nitrogen and oxygen atoms in total. The van der Waals surface area contributed by atoms with Crippen LogP contribution < -0.4 is 5.76 Å². The summed E-state index contributed by atoms with van der Waals surface area (Å²) in [5.41, 5.74) is 1.88. The van der Waals surface area contributed by atoms with E-state index in [0.717, 1.165) is 15.2 Å². The second-order valence-corrected chi connectivity index (χ2v) is 7.04. The van der Waals surface area contributed by atoms with Crippen molar-refractivity contribution in [3.8, 4) is 0 Å². The van der Waals surface area contributed by atoms with Crippen molar-refractivity contribution in [1.82, 2.24) is 9.55 Å². The van der Waals surface area contributed by atoms with Gasteiger partial charge in [0.15, 0.2) is 11.7 Å². The summed E-state index contributed by atoms with van der Waals surface area (Å²) in [6.07, 6.45) is -0.504. The summed E-state index contributed by atoms with van der Waals surface area (Å²) < 4.78 is 13.1. The largest absolute Gasteiger partial charge is 0.454 e. The number of carbonyl (C=O) groups is 1. The van der Waals surface area contributed by atoms with E-state index in [9.17, 15) is 9.59 Å². The molecule has 7 heteroatoms. The summed E-state index contributed by atoms with van der Waals surface area (Å²) in [5, 5.41) is 0.719. The van der Waals surface area contributed by atoms with E-state index >= 15 is 0 Å². The summed E-state index contributed by atoms with van der Waals surface area (Å²) in [5.74, 6) is -1.09. The van der Waals surface area contributed by atoms with Crippen molar-refractivity contribution < 1.29 is 13.9 Å². The minimum Gasteiger partial charge on any atom is -0.454 e. The van der Waals surface area contributed by atoms with Crippen LogP contribution in [0.2, 0.25) is 0 Å². The van der Waals surface area contributed by atoms with Crippen LogP contribution in [0.5, 0.6) is 0 Å². The Morgan fingerprint density at radius 1 is 1.15 bits per heavy atom. The van der Waals surface area contributed by atoms with Gasteiger partial charge in [0.1, 0.15) is 11.0 Å². The van der Waals surface area contributed by atoms with Gasteiger partial charge in [0.25, 0.3) is 0 Å². The van der Waals surface area contributed by atoms with E-state index in [-0.39, 0.29) is 0 Å². The van der Waals surface area contributed by atoms with Crippen LogP contribution >= 0.6 is 11.3 Å². The second kappa shape index (κ2) is 6.42. The van der Waals surface area contributed by atoms with E-state index in [1.807, 2.05) is 24.3 Å². The fourth-order valence-corrected chi connectivity index (χ4v) is 3.79. The molecule has 0 fully saturated rings. The molecule has 0 bridgehead atoms. The molecule has 132 valence electrons. The van der Waals surface area contributed by atoms with Crippen molar-refractivity contribution in [2.24, 2.45) is 0 Å². The first-order valence-electron chi connectivity index (χ1n) is 8.20. The zero-order valence-corrected chi connectivity index (χ0v) is 15.0. The van der Waals surface area contributed by atoms with Crippen molar-refractivity contribution >= 4 is 38.6 Å². The molecule has 0 saturated carbocycles. The van der Waals surface area contributed by atoms with Gasteiger partial charge in [0, 0.05) is 0 Å². The van der Waals surface area contributed by atoms with Crippen molar-refractivity contribution in [2.45, 2.75) is 26.0 Å². The smallest absolute Gasteiger partial charge is 0.420 e. The molecule has 0 N–H and O–H groups in total. The van der Waals surface area contributed by atoms with Crippen LogP contribution in [0.25, 0.3) is 21.3 Å². The van der Waals surface area contributed by atoms with Crippen molar-refractivity contribution in [2.75, 3.05) is 0 Å². The van der Waals surface area contributed by atoms with Crippen molar-refractivity contribution in [1.29, 1.82) is 0 Å². The summed E-state index contributed by atoms with van der Waals surface area (Å²) in [7, 11) is 0. The summed E-state index contributed by atoms with van der Waals surface area (Å²) in [4.78, 5) is 29.2. The van der Waals surface area contributed by atoms with Crippen LogP contribution in [0.1, 0.15) is 31.0 Å². The van der Waals surface area contributed by atoms with E-state index in [1.165, 1.54) is 15.9 Å². The lowest BCUT2D eigenvalue weighted by Crippen LogP contribution is -2.27. The third-order valence-corrected chi connectivity index (χ3v) is 5.40. The predicted molar refractivity (Wildman–Crippen MR) is 99.3 cm³/mol. The number of hydrogen-bond donors (Lipinski definition) is 0. The molecule has 2 aromatic heterocycles. The predicted octanol–water partition coefficient (Wildman–Crippen LogP) is 4.07. The summed E-state index contributed by atoms with van der Waals surface area (Å²) in [6, 6.07) is 13.9. The standard InChI is InChI=1S/C19H16N2O4S/c1-11(21-14-8-4-5-9-15(14)25-19(21)23)18(22)24-12(2)17-20-13-7-3-6-10-16(13)26-17/h3-12H,1-2H3. The number of ether oxygens (including phenoxy) is 1. The van der Waals surface area contributed by atoms with Crippen LogP contribution in [-0.4, -0.2) is 15.5 Å². The molecule has 0 radical (unpaired) electrons. The zero-order valence-electron chi connectivity index (χ0n) is 14.2. The minimum absolute atomic E-state index is 0.441. The van der Waals surface area contributed by atoms with E-state index in [1.54, 1.807) is 38.1 Å². The lowest BCUT2D eigenvalue weighted by atomic mass is 10.3. The first-order valence-corrected chi connectivity index (χ1v) is 9.02. The molecule has 2 aromatic carbocycles. The summed E-state index contributed by atoms with van der Waals surface area (Å²) in [6.45, 7) is 3.40. The van der Waals surface area contributed by atoms with E-state index in [2.05, 4.69) is 4.98 Å². The number of thiazole rings is 1. The Labute approximate surface area is 152 Å². The monoisotopic (exact) mass is 368 g/mol. The van der Waals surface area contributed by atoms with E-state index in [0.29, 0.717) is 11.1 Å². The topological polar surface area (TPSA) is 74.3 Å². The molecule has 0 aliphatic carbocycles. The van der Waals surface area contributed by atoms with Gasteiger partial charge < -0.3 is 9.15 Å². The molecule has 4 rings (SSSR count). The quantitative estimate of drug-likeness (QED) is 0.508. The van der Waals surface area contributed by atoms with Crippen LogP contribution in [0, 0.1) is 0 Å². The fourth-order valence-electron chi connectivity index (χ4n) is 2.84. The lowest BCUT2D eigenvalue weighted by molar-refractivity contribution is -0.152. The average molecular weight is 368 g/mol. The minimum atomic E-state index is -0.803. The van der Waals surface area contributed by atoms with Gasteiger partial charge in [-0.25, -0.2) is 14.6 Å². The Hall–Kier alpha value is -2.93. The molecule has 26 heavy (non-hydrogen) atoms.